The molecule has 0 atom stereocenters. The fourth-order valence-corrected chi connectivity index (χ4v) is 3.58. The number of fused-ring (bicyclic) bond motifs is 1. The minimum absolute atomic E-state index is 0.0537. The maximum Gasteiger partial charge on any atom is 0.329 e. The molecule has 1 N–H and O–H groups in total. The van der Waals surface area contributed by atoms with Crippen molar-refractivity contribution in [1.82, 2.24) is 18.9 Å². The SMILES string of the molecule is CCn1c(=O)n(CC(=O)Nc2cc(C)nn2Cc2ccccc2)c2ccccc21. The van der Waals surface area contributed by atoms with Gasteiger partial charge in [0.1, 0.15) is 12.4 Å². The van der Waals surface area contributed by atoms with Gasteiger partial charge in [-0.3, -0.25) is 13.9 Å². The molecule has 0 radical (unpaired) electrons. The number of para-hydroxylation sites is 2. The number of nitrogens with zero attached hydrogens (tertiary/aromatic N) is 4. The van der Waals surface area contributed by atoms with Gasteiger partial charge in [0.15, 0.2) is 0 Å². The number of hydrogen-bond acceptors (Lipinski definition) is 3. The topological polar surface area (TPSA) is 73.8 Å². The molecular formula is C22H23N5O2. The third-order valence-corrected chi connectivity index (χ3v) is 4.89. The van der Waals surface area contributed by atoms with Crippen molar-refractivity contribution < 1.29 is 4.79 Å². The van der Waals surface area contributed by atoms with Crippen molar-refractivity contribution in [3.05, 3.63) is 82.4 Å². The highest BCUT2D eigenvalue weighted by Crippen LogP contribution is 2.15. The molecule has 1 amide bonds. The van der Waals surface area contributed by atoms with E-state index >= 15 is 0 Å². The van der Waals surface area contributed by atoms with Gasteiger partial charge in [-0.15, -0.1) is 0 Å². The monoisotopic (exact) mass is 389 g/mol. The van der Waals surface area contributed by atoms with E-state index in [1.54, 1.807) is 9.25 Å². The lowest BCUT2D eigenvalue weighted by Gasteiger charge is -2.09. The fraction of sp³-hybridized carbons (Fsp3) is 0.227. The molecule has 4 aromatic rings. The summed E-state index contributed by atoms with van der Waals surface area (Å²) in [5, 5.41) is 7.39. The Morgan fingerprint density at radius 1 is 1.00 bits per heavy atom. The molecule has 0 saturated carbocycles. The van der Waals surface area contributed by atoms with Crippen LogP contribution in [-0.2, 0) is 24.4 Å². The van der Waals surface area contributed by atoms with Gasteiger partial charge in [-0.05, 0) is 31.5 Å². The molecule has 2 aromatic heterocycles. The van der Waals surface area contributed by atoms with Crippen LogP contribution in [0.2, 0.25) is 0 Å². The Morgan fingerprint density at radius 2 is 1.66 bits per heavy atom. The van der Waals surface area contributed by atoms with Gasteiger partial charge in [0.2, 0.25) is 5.91 Å². The Labute approximate surface area is 168 Å². The smallest absolute Gasteiger partial charge is 0.309 e. The Morgan fingerprint density at radius 3 is 2.34 bits per heavy atom. The maximum atomic E-state index is 12.8. The summed E-state index contributed by atoms with van der Waals surface area (Å²) in [6.45, 7) is 4.86. The van der Waals surface area contributed by atoms with Gasteiger partial charge in [-0.2, -0.15) is 5.10 Å². The van der Waals surface area contributed by atoms with Crippen molar-refractivity contribution in [1.29, 1.82) is 0 Å². The summed E-state index contributed by atoms with van der Waals surface area (Å²) in [4.78, 5) is 25.5. The minimum Gasteiger partial charge on any atom is -0.309 e. The number of carbonyl (C=O) groups is 1. The van der Waals surface area contributed by atoms with E-state index in [0.29, 0.717) is 18.9 Å². The first-order valence-electron chi connectivity index (χ1n) is 9.63. The van der Waals surface area contributed by atoms with Gasteiger partial charge >= 0.3 is 5.69 Å². The molecule has 29 heavy (non-hydrogen) atoms. The zero-order chi connectivity index (χ0) is 20.4. The standard InChI is InChI=1S/C22H23N5O2/c1-3-25-18-11-7-8-12-19(18)26(22(25)29)15-21(28)23-20-13-16(2)24-27(20)14-17-9-5-4-6-10-17/h4-13H,3,14-15H2,1-2H3,(H,23,28). The van der Waals surface area contributed by atoms with Crippen LogP contribution in [0.25, 0.3) is 11.0 Å². The van der Waals surface area contributed by atoms with E-state index in [1.807, 2.05) is 74.5 Å². The molecule has 2 aromatic carbocycles. The Kier molecular flexibility index (Phi) is 5.03. The summed E-state index contributed by atoms with van der Waals surface area (Å²) in [5.74, 6) is 0.351. The largest absolute Gasteiger partial charge is 0.329 e. The fourth-order valence-electron chi connectivity index (χ4n) is 3.58. The molecule has 0 bridgehead atoms. The summed E-state index contributed by atoms with van der Waals surface area (Å²) < 4.78 is 4.95. The number of benzene rings is 2. The molecular weight excluding hydrogens is 366 g/mol. The van der Waals surface area contributed by atoms with Crippen molar-refractivity contribution in [2.75, 3.05) is 5.32 Å². The molecule has 4 rings (SSSR count). The number of aryl methyl sites for hydroxylation is 2. The molecule has 0 saturated heterocycles. The van der Waals surface area contributed by atoms with Crippen molar-refractivity contribution in [2.45, 2.75) is 33.5 Å². The number of imidazole rings is 1. The number of hydrogen-bond donors (Lipinski definition) is 1. The van der Waals surface area contributed by atoms with Crippen LogP contribution in [0, 0.1) is 6.92 Å². The quantitative estimate of drug-likeness (QED) is 0.551. The van der Waals surface area contributed by atoms with Gasteiger partial charge in [0.05, 0.1) is 23.3 Å². The highest BCUT2D eigenvalue weighted by Gasteiger charge is 2.16. The molecule has 7 heteroatoms. The third kappa shape index (κ3) is 3.71. The first-order chi connectivity index (χ1) is 14.1. The van der Waals surface area contributed by atoms with Gasteiger partial charge in [0.25, 0.3) is 0 Å². The molecule has 7 nitrogen and oxygen atoms in total. The highest BCUT2D eigenvalue weighted by molar-refractivity contribution is 5.91. The van der Waals surface area contributed by atoms with E-state index in [-0.39, 0.29) is 18.1 Å². The predicted molar refractivity (Wildman–Crippen MR) is 113 cm³/mol. The van der Waals surface area contributed by atoms with Crippen LogP contribution in [0.4, 0.5) is 5.82 Å². The van der Waals surface area contributed by atoms with E-state index in [1.165, 1.54) is 4.57 Å². The first kappa shape index (κ1) is 18.7. The van der Waals surface area contributed by atoms with Crippen LogP contribution in [-0.4, -0.2) is 24.8 Å². The van der Waals surface area contributed by atoms with Crippen LogP contribution < -0.4 is 11.0 Å². The number of carbonyl (C=O) groups excluding carboxylic acids is 1. The lowest BCUT2D eigenvalue weighted by Crippen LogP contribution is -2.29. The average molecular weight is 389 g/mol. The van der Waals surface area contributed by atoms with Crippen molar-refractivity contribution in [3.63, 3.8) is 0 Å². The first-order valence-corrected chi connectivity index (χ1v) is 9.63. The number of aromatic nitrogens is 4. The third-order valence-electron chi connectivity index (χ3n) is 4.89. The van der Waals surface area contributed by atoms with E-state index in [2.05, 4.69) is 10.4 Å². The molecule has 0 spiro atoms. The van der Waals surface area contributed by atoms with Crippen LogP contribution in [0.1, 0.15) is 18.2 Å². The van der Waals surface area contributed by atoms with E-state index in [0.717, 1.165) is 22.3 Å². The molecule has 0 fully saturated rings. The normalized spacial score (nSPS) is 11.1. The number of amides is 1. The maximum absolute atomic E-state index is 12.8. The van der Waals surface area contributed by atoms with E-state index in [9.17, 15) is 9.59 Å². The van der Waals surface area contributed by atoms with Gasteiger partial charge in [-0.25, -0.2) is 9.48 Å². The number of anilines is 1. The summed E-state index contributed by atoms with van der Waals surface area (Å²) in [5.41, 5.74) is 3.31. The number of rotatable bonds is 6. The van der Waals surface area contributed by atoms with Crippen LogP contribution in [0.15, 0.2) is 65.5 Å². The molecule has 0 unspecified atom stereocenters. The number of nitrogens with one attached hydrogen (secondary N) is 1. The van der Waals surface area contributed by atoms with Gasteiger partial charge in [0, 0.05) is 12.6 Å². The molecule has 148 valence electrons. The van der Waals surface area contributed by atoms with Crippen molar-refractivity contribution >= 4 is 22.8 Å². The Bertz CT molecular complexity index is 1220. The van der Waals surface area contributed by atoms with Gasteiger partial charge < -0.3 is 5.32 Å². The van der Waals surface area contributed by atoms with Crippen LogP contribution in [0.3, 0.4) is 0 Å². The second-order valence-electron chi connectivity index (χ2n) is 6.96. The summed E-state index contributed by atoms with van der Waals surface area (Å²) in [7, 11) is 0. The predicted octanol–water partition coefficient (Wildman–Crippen LogP) is 3.01. The Balaban J connectivity index is 1.58. The summed E-state index contributed by atoms with van der Waals surface area (Å²) in [6.07, 6.45) is 0. The lowest BCUT2D eigenvalue weighted by molar-refractivity contribution is -0.116. The second-order valence-corrected chi connectivity index (χ2v) is 6.96. The van der Waals surface area contributed by atoms with Crippen molar-refractivity contribution in [3.8, 4) is 0 Å². The highest BCUT2D eigenvalue weighted by atomic mass is 16.2. The Hall–Kier alpha value is -3.61. The molecule has 0 aliphatic heterocycles. The van der Waals surface area contributed by atoms with Crippen molar-refractivity contribution in [2.24, 2.45) is 0 Å². The summed E-state index contributed by atoms with van der Waals surface area (Å²) >= 11 is 0. The average Bonchev–Trinajstić information content (AvgIpc) is 3.19. The lowest BCUT2D eigenvalue weighted by atomic mass is 10.2. The molecule has 0 aliphatic carbocycles. The zero-order valence-corrected chi connectivity index (χ0v) is 16.5. The summed E-state index contributed by atoms with van der Waals surface area (Å²) in [6, 6.07) is 19.3. The van der Waals surface area contributed by atoms with E-state index < -0.39 is 0 Å². The van der Waals surface area contributed by atoms with Crippen LogP contribution in [0.5, 0.6) is 0 Å². The molecule has 2 heterocycles. The van der Waals surface area contributed by atoms with E-state index in [4.69, 9.17) is 0 Å². The zero-order valence-electron chi connectivity index (χ0n) is 16.5. The van der Waals surface area contributed by atoms with Crippen LogP contribution >= 0.6 is 0 Å². The second kappa shape index (κ2) is 7.79. The molecule has 0 aliphatic rings. The minimum atomic E-state index is -0.264. The van der Waals surface area contributed by atoms with Gasteiger partial charge in [-0.1, -0.05) is 42.5 Å².